The molecule has 0 saturated heterocycles. The molecule has 5 nitrogen and oxygen atoms in total. The van der Waals surface area contributed by atoms with Gasteiger partial charge in [-0.1, -0.05) is 12.1 Å². The normalized spacial score (nSPS) is 14.5. The first-order valence-corrected chi connectivity index (χ1v) is 8.31. The summed E-state index contributed by atoms with van der Waals surface area (Å²) in [5, 5.41) is 6.32. The summed E-state index contributed by atoms with van der Waals surface area (Å²) in [5.74, 6) is -1.01. The Balaban J connectivity index is 1.66. The van der Waals surface area contributed by atoms with Crippen molar-refractivity contribution < 1.29 is 22.4 Å². The van der Waals surface area contributed by atoms with E-state index in [2.05, 4.69) is 15.4 Å². The summed E-state index contributed by atoms with van der Waals surface area (Å²) < 4.78 is 53.7. The zero-order chi connectivity index (χ0) is 19.2. The molecule has 4 rings (SSSR count). The summed E-state index contributed by atoms with van der Waals surface area (Å²) in [4.78, 5) is 16.7. The number of rotatable bonds is 4. The van der Waals surface area contributed by atoms with Gasteiger partial charge in [-0.3, -0.25) is 4.79 Å². The van der Waals surface area contributed by atoms with Crippen molar-refractivity contribution in [3.63, 3.8) is 0 Å². The zero-order valence-electron chi connectivity index (χ0n) is 13.9. The van der Waals surface area contributed by atoms with Gasteiger partial charge in [0.05, 0.1) is 6.20 Å². The van der Waals surface area contributed by atoms with Crippen molar-refractivity contribution in [2.45, 2.75) is 31.5 Å². The highest BCUT2D eigenvalue weighted by Gasteiger charge is 2.37. The third kappa shape index (κ3) is 3.49. The predicted octanol–water partition coefficient (Wildman–Crippen LogP) is 3.69. The van der Waals surface area contributed by atoms with Crippen LogP contribution in [-0.2, 0) is 12.7 Å². The lowest BCUT2D eigenvalue weighted by Crippen LogP contribution is -2.23. The lowest BCUT2D eigenvalue weighted by Gasteiger charge is -2.11. The molecule has 27 heavy (non-hydrogen) atoms. The highest BCUT2D eigenvalue weighted by Crippen LogP contribution is 2.41. The molecule has 0 radical (unpaired) electrons. The Morgan fingerprint density at radius 3 is 2.56 bits per heavy atom. The van der Waals surface area contributed by atoms with Crippen LogP contribution in [-0.4, -0.2) is 20.5 Å². The zero-order valence-corrected chi connectivity index (χ0v) is 13.9. The fourth-order valence-electron chi connectivity index (χ4n) is 2.81. The Hall–Kier alpha value is -2.97. The van der Waals surface area contributed by atoms with Crippen LogP contribution < -0.4 is 5.32 Å². The Kier molecular flexibility index (Phi) is 4.09. The van der Waals surface area contributed by atoms with E-state index in [0.717, 1.165) is 25.1 Å². The fourth-order valence-corrected chi connectivity index (χ4v) is 2.81. The first-order valence-electron chi connectivity index (χ1n) is 8.31. The molecule has 1 aliphatic carbocycles. The number of hydrogen-bond donors (Lipinski definition) is 1. The summed E-state index contributed by atoms with van der Waals surface area (Å²) in [5.41, 5.74) is -0.132. The van der Waals surface area contributed by atoms with Crippen molar-refractivity contribution in [3.8, 4) is 0 Å². The van der Waals surface area contributed by atoms with Crippen LogP contribution in [0, 0.1) is 5.82 Å². The predicted molar refractivity (Wildman–Crippen MR) is 87.5 cm³/mol. The maximum atomic E-state index is 13.4. The number of amides is 1. The molecule has 3 aromatic rings. The lowest BCUT2D eigenvalue weighted by atomic mass is 10.2. The first-order chi connectivity index (χ1) is 12.8. The van der Waals surface area contributed by atoms with Crippen molar-refractivity contribution in [3.05, 3.63) is 64.9 Å². The minimum atomic E-state index is -4.61. The highest BCUT2D eigenvalue weighted by atomic mass is 19.4. The molecular formula is C18H14F4N4O. The maximum Gasteiger partial charge on any atom is 0.433 e. The molecule has 0 spiro atoms. The van der Waals surface area contributed by atoms with Gasteiger partial charge in [-0.25, -0.2) is 13.9 Å². The molecule has 1 aromatic carbocycles. The Bertz CT molecular complexity index is 1010. The van der Waals surface area contributed by atoms with Gasteiger partial charge < -0.3 is 5.32 Å². The van der Waals surface area contributed by atoms with Crippen LogP contribution >= 0.6 is 0 Å². The number of alkyl halides is 3. The van der Waals surface area contributed by atoms with Crippen molar-refractivity contribution >= 4 is 11.6 Å². The SMILES string of the molecule is O=C(NCc1ccc(F)cc1)c1cnn2c(C(F)(F)F)cc(C3CC3)nc12. The van der Waals surface area contributed by atoms with Gasteiger partial charge in [-0.15, -0.1) is 0 Å². The molecule has 1 saturated carbocycles. The summed E-state index contributed by atoms with van der Waals surface area (Å²) in [6.45, 7) is 0.102. The van der Waals surface area contributed by atoms with Crippen LogP contribution in [0.1, 0.15) is 46.1 Å². The monoisotopic (exact) mass is 378 g/mol. The van der Waals surface area contributed by atoms with E-state index < -0.39 is 23.6 Å². The largest absolute Gasteiger partial charge is 0.433 e. The number of carbonyl (C=O) groups is 1. The topological polar surface area (TPSA) is 59.3 Å². The quantitative estimate of drug-likeness (QED) is 0.705. The third-order valence-corrected chi connectivity index (χ3v) is 4.39. The van der Waals surface area contributed by atoms with Gasteiger partial charge in [-0.2, -0.15) is 18.3 Å². The van der Waals surface area contributed by atoms with Gasteiger partial charge in [0, 0.05) is 18.2 Å². The number of nitrogens with zero attached hydrogens (tertiary/aromatic N) is 3. The molecule has 1 amide bonds. The Morgan fingerprint density at radius 1 is 1.22 bits per heavy atom. The van der Waals surface area contributed by atoms with Crippen LogP contribution in [0.4, 0.5) is 17.6 Å². The summed E-state index contributed by atoms with van der Waals surface area (Å²) in [7, 11) is 0. The lowest BCUT2D eigenvalue weighted by molar-refractivity contribution is -0.142. The van der Waals surface area contributed by atoms with Crippen molar-refractivity contribution in [2.24, 2.45) is 0 Å². The second kappa shape index (κ2) is 6.33. The summed E-state index contributed by atoms with van der Waals surface area (Å²) in [6.07, 6.45) is -1.98. The number of carbonyl (C=O) groups excluding carboxylic acids is 1. The van der Waals surface area contributed by atoms with E-state index in [1.807, 2.05) is 0 Å². The van der Waals surface area contributed by atoms with Crippen LogP contribution in [0.5, 0.6) is 0 Å². The molecule has 0 bridgehead atoms. The number of nitrogens with one attached hydrogen (secondary N) is 1. The van der Waals surface area contributed by atoms with Gasteiger partial charge in [0.15, 0.2) is 5.65 Å². The second-order valence-corrected chi connectivity index (χ2v) is 6.44. The van der Waals surface area contributed by atoms with E-state index in [4.69, 9.17) is 0 Å². The number of hydrogen-bond acceptors (Lipinski definition) is 3. The van der Waals surface area contributed by atoms with Gasteiger partial charge >= 0.3 is 6.18 Å². The number of benzene rings is 1. The number of fused-ring (bicyclic) bond motifs is 1. The van der Waals surface area contributed by atoms with Gasteiger partial charge in [-0.05, 0) is 36.6 Å². The smallest absolute Gasteiger partial charge is 0.348 e. The van der Waals surface area contributed by atoms with Gasteiger partial charge in [0.1, 0.15) is 17.1 Å². The van der Waals surface area contributed by atoms with Crippen molar-refractivity contribution in [1.82, 2.24) is 19.9 Å². The molecule has 9 heteroatoms. The van der Waals surface area contributed by atoms with Crippen LogP contribution in [0.15, 0.2) is 36.5 Å². The third-order valence-electron chi connectivity index (χ3n) is 4.39. The summed E-state index contributed by atoms with van der Waals surface area (Å²) in [6, 6.07) is 6.54. The molecule has 1 fully saturated rings. The molecular weight excluding hydrogens is 364 g/mol. The van der Waals surface area contributed by atoms with Crippen LogP contribution in [0.3, 0.4) is 0 Å². The molecule has 1 N–H and O–H groups in total. The van der Waals surface area contributed by atoms with E-state index in [1.54, 1.807) is 0 Å². The standard InChI is InChI=1S/C18H14F4N4O/c19-12-5-1-10(2-6-12)8-23-17(27)13-9-24-26-15(18(20,21)22)7-14(11-3-4-11)25-16(13)26/h1-2,5-7,9,11H,3-4,8H2,(H,23,27). The van der Waals surface area contributed by atoms with Gasteiger partial charge in [0.25, 0.3) is 5.91 Å². The molecule has 2 aromatic heterocycles. The van der Waals surface area contributed by atoms with E-state index in [-0.39, 0.29) is 23.7 Å². The average molecular weight is 378 g/mol. The van der Waals surface area contributed by atoms with Gasteiger partial charge in [0.2, 0.25) is 0 Å². The molecule has 0 aliphatic heterocycles. The van der Waals surface area contributed by atoms with E-state index >= 15 is 0 Å². The van der Waals surface area contributed by atoms with E-state index in [1.165, 1.54) is 24.3 Å². The average Bonchev–Trinajstić information content (AvgIpc) is 3.38. The number of halogens is 4. The molecule has 1 aliphatic rings. The Labute approximate surface area is 151 Å². The second-order valence-electron chi connectivity index (χ2n) is 6.44. The fraction of sp³-hybridized carbons (Fsp3) is 0.278. The Morgan fingerprint density at radius 2 is 1.93 bits per heavy atom. The molecule has 2 heterocycles. The number of aromatic nitrogens is 3. The van der Waals surface area contributed by atoms with E-state index in [9.17, 15) is 22.4 Å². The van der Waals surface area contributed by atoms with Crippen LogP contribution in [0.25, 0.3) is 5.65 Å². The first kappa shape index (κ1) is 17.4. The van der Waals surface area contributed by atoms with Crippen LogP contribution in [0.2, 0.25) is 0 Å². The summed E-state index contributed by atoms with van der Waals surface area (Å²) >= 11 is 0. The van der Waals surface area contributed by atoms with E-state index in [0.29, 0.717) is 15.8 Å². The molecule has 0 atom stereocenters. The highest BCUT2D eigenvalue weighted by molar-refractivity contribution is 5.99. The molecule has 0 unspecified atom stereocenters. The minimum Gasteiger partial charge on any atom is -0.348 e. The maximum absolute atomic E-state index is 13.4. The van der Waals surface area contributed by atoms with Crippen molar-refractivity contribution in [1.29, 1.82) is 0 Å². The minimum absolute atomic E-state index is 0.0128. The van der Waals surface area contributed by atoms with Crippen molar-refractivity contribution in [2.75, 3.05) is 0 Å². The molecule has 140 valence electrons.